The van der Waals surface area contributed by atoms with Crippen LogP contribution < -0.4 is 5.32 Å². The fourth-order valence-electron chi connectivity index (χ4n) is 1.82. The number of nitrogens with one attached hydrogen (secondary N) is 1. The summed E-state index contributed by atoms with van der Waals surface area (Å²) in [5.74, 6) is 0.718. The molecule has 1 aliphatic heterocycles. The molecule has 15 heavy (non-hydrogen) atoms. The summed E-state index contributed by atoms with van der Waals surface area (Å²) in [4.78, 5) is 0. The van der Waals surface area contributed by atoms with Crippen LogP contribution in [0.15, 0.2) is 0 Å². The van der Waals surface area contributed by atoms with Crippen molar-refractivity contribution in [1.29, 1.82) is 0 Å². The molecule has 1 unspecified atom stereocenters. The van der Waals surface area contributed by atoms with Gasteiger partial charge in [-0.25, -0.2) is 0 Å². The third-order valence-electron chi connectivity index (χ3n) is 3.09. The maximum absolute atomic E-state index is 9.09. The molecule has 0 aromatic rings. The van der Waals surface area contributed by atoms with Gasteiger partial charge in [0, 0.05) is 19.8 Å². The SMILES string of the molecule is CC(C)(CO)CCCNCC1CCOC1. The fraction of sp³-hybridized carbons (Fsp3) is 1.00. The average molecular weight is 215 g/mol. The molecule has 0 amide bonds. The predicted molar refractivity (Wildman–Crippen MR) is 61.9 cm³/mol. The summed E-state index contributed by atoms with van der Waals surface area (Å²) in [5.41, 5.74) is 0.0815. The van der Waals surface area contributed by atoms with Crippen molar-refractivity contribution in [3.8, 4) is 0 Å². The Morgan fingerprint density at radius 2 is 2.27 bits per heavy atom. The quantitative estimate of drug-likeness (QED) is 0.631. The van der Waals surface area contributed by atoms with Crippen molar-refractivity contribution in [2.75, 3.05) is 32.9 Å². The maximum atomic E-state index is 9.09. The average Bonchev–Trinajstić information content (AvgIpc) is 2.70. The van der Waals surface area contributed by atoms with E-state index in [9.17, 15) is 0 Å². The molecule has 1 aliphatic rings. The van der Waals surface area contributed by atoms with Crippen molar-refractivity contribution in [3.05, 3.63) is 0 Å². The molecule has 1 rings (SSSR count). The van der Waals surface area contributed by atoms with E-state index >= 15 is 0 Å². The van der Waals surface area contributed by atoms with Crippen molar-refractivity contribution in [3.63, 3.8) is 0 Å². The Morgan fingerprint density at radius 1 is 1.47 bits per heavy atom. The van der Waals surface area contributed by atoms with Crippen LogP contribution in [0.2, 0.25) is 0 Å². The lowest BCUT2D eigenvalue weighted by Crippen LogP contribution is -2.25. The zero-order chi connectivity index (χ0) is 11.1. The van der Waals surface area contributed by atoms with Crippen molar-refractivity contribution >= 4 is 0 Å². The van der Waals surface area contributed by atoms with Gasteiger partial charge in [-0.2, -0.15) is 0 Å². The Bertz CT molecular complexity index is 165. The van der Waals surface area contributed by atoms with Crippen LogP contribution in [0.3, 0.4) is 0 Å². The van der Waals surface area contributed by atoms with Crippen LogP contribution in [0.1, 0.15) is 33.1 Å². The molecule has 1 atom stereocenters. The van der Waals surface area contributed by atoms with Gasteiger partial charge in [0.25, 0.3) is 0 Å². The lowest BCUT2D eigenvalue weighted by atomic mass is 9.89. The first-order valence-corrected chi connectivity index (χ1v) is 6.03. The molecule has 0 radical (unpaired) electrons. The Balaban J connectivity index is 1.92. The number of aliphatic hydroxyl groups is 1. The largest absolute Gasteiger partial charge is 0.396 e. The predicted octanol–water partition coefficient (Wildman–Crippen LogP) is 1.41. The molecule has 1 heterocycles. The minimum absolute atomic E-state index is 0.0815. The normalized spacial score (nSPS) is 22.2. The molecule has 3 nitrogen and oxygen atoms in total. The monoisotopic (exact) mass is 215 g/mol. The van der Waals surface area contributed by atoms with E-state index < -0.39 is 0 Å². The Labute approximate surface area is 93.2 Å². The zero-order valence-corrected chi connectivity index (χ0v) is 10.1. The molecule has 2 N–H and O–H groups in total. The Morgan fingerprint density at radius 3 is 2.87 bits per heavy atom. The summed E-state index contributed by atoms with van der Waals surface area (Å²) >= 11 is 0. The Hall–Kier alpha value is -0.120. The molecule has 0 aromatic heterocycles. The van der Waals surface area contributed by atoms with Crippen LogP contribution in [-0.2, 0) is 4.74 Å². The van der Waals surface area contributed by atoms with Gasteiger partial charge in [-0.05, 0) is 37.1 Å². The topological polar surface area (TPSA) is 41.5 Å². The fourth-order valence-corrected chi connectivity index (χ4v) is 1.82. The van der Waals surface area contributed by atoms with E-state index in [0.717, 1.165) is 45.1 Å². The highest BCUT2D eigenvalue weighted by Crippen LogP contribution is 2.20. The summed E-state index contributed by atoms with van der Waals surface area (Å²) in [5, 5.41) is 12.5. The van der Waals surface area contributed by atoms with Crippen LogP contribution in [0, 0.1) is 11.3 Å². The van der Waals surface area contributed by atoms with Gasteiger partial charge in [-0.1, -0.05) is 13.8 Å². The molecule has 0 aromatic carbocycles. The van der Waals surface area contributed by atoms with Gasteiger partial charge in [0.05, 0.1) is 6.61 Å². The number of aliphatic hydroxyl groups excluding tert-OH is 1. The number of hydrogen-bond donors (Lipinski definition) is 2. The van der Waals surface area contributed by atoms with Gasteiger partial charge >= 0.3 is 0 Å². The van der Waals surface area contributed by atoms with E-state index in [1.165, 1.54) is 6.42 Å². The van der Waals surface area contributed by atoms with Crippen molar-refractivity contribution in [2.24, 2.45) is 11.3 Å². The van der Waals surface area contributed by atoms with E-state index in [-0.39, 0.29) is 12.0 Å². The van der Waals surface area contributed by atoms with Crippen LogP contribution >= 0.6 is 0 Å². The molecule has 1 fully saturated rings. The highest BCUT2D eigenvalue weighted by molar-refractivity contribution is 4.69. The van der Waals surface area contributed by atoms with E-state index in [0.29, 0.717) is 0 Å². The number of ether oxygens (including phenoxy) is 1. The van der Waals surface area contributed by atoms with E-state index in [1.54, 1.807) is 0 Å². The summed E-state index contributed by atoms with van der Waals surface area (Å²) < 4.78 is 5.31. The molecular weight excluding hydrogens is 190 g/mol. The smallest absolute Gasteiger partial charge is 0.0507 e. The first kappa shape index (κ1) is 12.9. The molecule has 0 bridgehead atoms. The first-order valence-electron chi connectivity index (χ1n) is 6.03. The molecule has 1 saturated heterocycles. The lowest BCUT2D eigenvalue weighted by molar-refractivity contribution is 0.147. The van der Waals surface area contributed by atoms with Crippen molar-refractivity contribution in [2.45, 2.75) is 33.1 Å². The second-order valence-electron chi connectivity index (χ2n) is 5.36. The highest BCUT2D eigenvalue weighted by Gasteiger charge is 2.16. The summed E-state index contributed by atoms with van der Waals surface area (Å²) in [6.45, 7) is 8.50. The van der Waals surface area contributed by atoms with Gasteiger partial charge in [0.2, 0.25) is 0 Å². The third kappa shape index (κ3) is 5.50. The third-order valence-corrected chi connectivity index (χ3v) is 3.09. The molecular formula is C12H25NO2. The van der Waals surface area contributed by atoms with E-state index in [2.05, 4.69) is 19.2 Å². The van der Waals surface area contributed by atoms with Gasteiger partial charge in [-0.15, -0.1) is 0 Å². The van der Waals surface area contributed by atoms with Gasteiger partial charge in [-0.3, -0.25) is 0 Å². The maximum Gasteiger partial charge on any atom is 0.0507 e. The molecule has 0 aliphatic carbocycles. The molecule has 0 spiro atoms. The summed E-state index contributed by atoms with van der Waals surface area (Å²) in [6, 6.07) is 0. The van der Waals surface area contributed by atoms with Crippen LogP contribution in [0.5, 0.6) is 0 Å². The van der Waals surface area contributed by atoms with Gasteiger partial charge in [0.1, 0.15) is 0 Å². The minimum Gasteiger partial charge on any atom is -0.396 e. The molecule has 0 saturated carbocycles. The molecule has 3 heteroatoms. The number of hydrogen-bond acceptors (Lipinski definition) is 3. The number of rotatable bonds is 7. The standard InChI is InChI=1S/C12H25NO2/c1-12(2,10-14)5-3-6-13-8-11-4-7-15-9-11/h11,13-14H,3-10H2,1-2H3. The minimum atomic E-state index is 0.0815. The van der Waals surface area contributed by atoms with Gasteiger partial charge in [0.15, 0.2) is 0 Å². The second-order valence-corrected chi connectivity index (χ2v) is 5.36. The van der Waals surface area contributed by atoms with Crippen LogP contribution in [-0.4, -0.2) is 38.0 Å². The lowest BCUT2D eigenvalue weighted by Gasteiger charge is -2.21. The summed E-state index contributed by atoms with van der Waals surface area (Å²) in [6.07, 6.45) is 3.42. The Kier molecular flexibility index (Phi) is 5.58. The zero-order valence-electron chi connectivity index (χ0n) is 10.1. The van der Waals surface area contributed by atoms with Crippen molar-refractivity contribution in [1.82, 2.24) is 5.32 Å². The van der Waals surface area contributed by atoms with E-state index in [1.807, 2.05) is 0 Å². The summed E-state index contributed by atoms with van der Waals surface area (Å²) in [7, 11) is 0. The molecule has 90 valence electrons. The highest BCUT2D eigenvalue weighted by atomic mass is 16.5. The van der Waals surface area contributed by atoms with E-state index in [4.69, 9.17) is 9.84 Å². The van der Waals surface area contributed by atoms with Gasteiger partial charge < -0.3 is 15.2 Å². The second kappa shape index (κ2) is 6.46. The van der Waals surface area contributed by atoms with Crippen LogP contribution in [0.25, 0.3) is 0 Å². The van der Waals surface area contributed by atoms with Crippen LogP contribution in [0.4, 0.5) is 0 Å². The first-order chi connectivity index (χ1) is 7.14. The van der Waals surface area contributed by atoms with Crippen molar-refractivity contribution < 1.29 is 9.84 Å².